The van der Waals surface area contributed by atoms with E-state index in [2.05, 4.69) is 22.0 Å². The fourth-order valence-corrected chi connectivity index (χ4v) is 7.40. The molecule has 0 radical (unpaired) electrons. The lowest BCUT2D eigenvalue weighted by atomic mass is 9.71. The first-order valence-electron chi connectivity index (χ1n) is 14.8. The number of hydrogen-bond acceptors (Lipinski definition) is 4. The van der Waals surface area contributed by atoms with Gasteiger partial charge < -0.3 is 18.8 Å². The number of carbonyl (C=O) groups excluding carboxylic acids is 3. The number of nitrogens with one attached hydrogen (secondary N) is 1. The minimum Gasteiger partial charge on any atom is -0.444 e. The summed E-state index contributed by atoms with van der Waals surface area (Å²) < 4.78 is 10.1. The molecule has 0 aliphatic carbocycles. The van der Waals surface area contributed by atoms with Gasteiger partial charge in [0.25, 0.3) is 11.8 Å². The first kappa shape index (κ1) is 26.6. The zero-order valence-corrected chi connectivity index (χ0v) is 24.6. The number of amides is 3. The third-order valence-corrected chi connectivity index (χ3v) is 9.15. The van der Waals surface area contributed by atoms with Crippen LogP contribution in [0.15, 0.2) is 54.7 Å². The van der Waals surface area contributed by atoms with Crippen LogP contribution in [0.4, 0.5) is 4.79 Å². The molecule has 3 aliphatic heterocycles. The SMILES string of the molecule is Cn1cc(C2=C(c3c4n(c5ccccc35)CCC3(CCCN(C(=O)OC(C)(C)C)C3)C4)C(=O)NC2=O)c2ccccc21. The van der Waals surface area contributed by atoms with Crippen LogP contribution >= 0.6 is 0 Å². The number of ether oxygens (including phenoxy) is 1. The minimum atomic E-state index is -0.555. The number of aryl methyl sites for hydroxylation is 2. The molecule has 0 saturated carbocycles. The fraction of sp³-hybridized carbons (Fsp3) is 0.382. The molecule has 1 unspecified atom stereocenters. The van der Waals surface area contributed by atoms with E-state index in [-0.39, 0.29) is 23.3 Å². The number of likely N-dealkylation sites (tertiary alicyclic amines) is 1. The van der Waals surface area contributed by atoms with Gasteiger partial charge in [-0.2, -0.15) is 0 Å². The van der Waals surface area contributed by atoms with Crippen molar-refractivity contribution in [3.63, 3.8) is 0 Å². The number of carbonyl (C=O) groups is 3. The van der Waals surface area contributed by atoms with E-state index >= 15 is 0 Å². The highest BCUT2D eigenvalue weighted by Crippen LogP contribution is 2.47. The predicted molar refractivity (Wildman–Crippen MR) is 163 cm³/mol. The van der Waals surface area contributed by atoms with Gasteiger partial charge in [-0.15, -0.1) is 0 Å². The Kier molecular flexibility index (Phi) is 5.91. The third-order valence-electron chi connectivity index (χ3n) is 9.15. The van der Waals surface area contributed by atoms with E-state index in [0.29, 0.717) is 30.7 Å². The van der Waals surface area contributed by atoms with Crippen molar-refractivity contribution >= 4 is 50.9 Å². The van der Waals surface area contributed by atoms with Gasteiger partial charge in [0, 0.05) is 71.5 Å². The number of hydrogen-bond donors (Lipinski definition) is 1. The number of para-hydroxylation sites is 2. The van der Waals surface area contributed by atoms with Gasteiger partial charge in [-0.25, -0.2) is 4.79 Å². The van der Waals surface area contributed by atoms with Gasteiger partial charge in [-0.3, -0.25) is 14.9 Å². The molecule has 8 nitrogen and oxygen atoms in total. The average Bonchev–Trinajstić information content (AvgIpc) is 3.55. The number of rotatable bonds is 2. The van der Waals surface area contributed by atoms with Crippen molar-refractivity contribution in [3.8, 4) is 0 Å². The molecule has 1 fully saturated rings. The van der Waals surface area contributed by atoms with Gasteiger partial charge in [-0.1, -0.05) is 36.4 Å². The van der Waals surface area contributed by atoms with Crippen LogP contribution in [0.3, 0.4) is 0 Å². The average molecular weight is 565 g/mol. The number of piperidine rings is 1. The van der Waals surface area contributed by atoms with E-state index < -0.39 is 5.60 Å². The first-order valence-corrected chi connectivity index (χ1v) is 14.8. The highest BCUT2D eigenvalue weighted by Gasteiger charge is 2.44. The highest BCUT2D eigenvalue weighted by atomic mass is 16.6. The summed E-state index contributed by atoms with van der Waals surface area (Å²) in [6.07, 6.45) is 5.21. The van der Waals surface area contributed by atoms with Gasteiger partial charge in [0.05, 0.1) is 11.1 Å². The Morgan fingerprint density at radius 1 is 0.905 bits per heavy atom. The Labute approximate surface area is 244 Å². The Bertz CT molecular complexity index is 1840. The maximum absolute atomic E-state index is 13.7. The summed E-state index contributed by atoms with van der Waals surface area (Å²) in [5.74, 6) is -0.726. The maximum Gasteiger partial charge on any atom is 0.410 e. The number of nitrogens with zero attached hydrogens (tertiary/aromatic N) is 3. The standard InChI is InChI=1S/C34H36N4O4/c1-33(2,3)42-32(41)37-16-9-14-34(20-37)15-17-38-25-13-8-6-11-22(25)27(26(38)18-34)29-28(30(39)35-31(29)40)23-19-36(4)24-12-7-5-10-21(23)24/h5-8,10-13,19H,9,14-18,20H2,1-4H3,(H,35,39,40). The van der Waals surface area contributed by atoms with Crippen molar-refractivity contribution in [2.45, 2.75) is 58.6 Å². The Morgan fingerprint density at radius 3 is 2.36 bits per heavy atom. The Morgan fingerprint density at radius 2 is 1.60 bits per heavy atom. The molecule has 4 aromatic rings. The van der Waals surface area contributed by atoms with Crippen LogP contribution in [0.25, 0.3) is 33.0 Å². The van der Waals surface area contributed by atoms with Crippen molar-refractivity contribution in [1.29, 1.82) is 0 Å². The van der Waals surface area contributed by atoms with Gasteiger partial charge >= 0.3 is 6.09 Å². The highest BCUT2D eigenvalue weighted by molar-refractivity contribution is 6.51. The van der Waals surface area contributed by atoms with E-state index in [0.717, 1.165) is 64.4 Å². The number of aromatic nitrogens is 2. The van der Waals surface area contributed by atoms with Crippen molar-refractivity contribution in [1.82, 2.24) is 19.4 Å². The quantitative estimate of drug-likeness (QED) is 0.318. The molecular weight excluding hydrogens is 528 g/mol. The molecule has 1 spiro atoms. The molecule has 42 heavy (non-hydrogen) atoms. The first-order chi connectivity index (χ1) is 20.1. The number of fused-ring (bicyclic) bond motifs is 4. The second-order valence-electron chi connectivity index (χ2n) is 13.1. The summed E-state index contributed by atoms with van der Waals surface area (Å²) in [7, 11) is 1.96. The van der Waals surface area contributed by atoms with E-state index in [9.17, 15) is 14.4 Å². The van der Waals surface area contributed by atoms with E-state index in [1.54, 1.807) is 0 Å². The molecule has 0 bridgehead atoms. The van der Waals surface area contributed by atoms with E-state index in [4.69, 9.17) is 4.74 Å². The molecular formula is C34H36N4O4. The molecule has 5 heterocycles. The van der Waals surface area contributed by atoms with Gasteiger partial charge in [-0.05, 0) is 64.0 Å². The summed E-state index contributed by atoms with van der Waals surface area (Å²) in [5, 5.41) is 4.53. The third kappa shape index (κ3) is 4.15. The molecule has 216 valence electrons. The topological polar surface area (TPSA) is 85.6 Å². The zero-order valence-electron chi connectivity index (χ0n) is 24.6. The summed E-state index contributed by atoms with van der Waals surface area (Å²) in [6.45, 7) is 7.76. The lowest BCUT2D eigenvalue weighted by Crippen LogP contribution is -2.50. The molecule has 1 N–H and O–H groups in total. The van der Waals surface area contributed by atoms with Crippen LogP contribution in [0.5, 0.6) is 0 Å². The molecule has 2 aromatic heterocycles. The molecule has 2 aromatic carbocycles. The Balaban J connectivity index is 1.39. The molecule has 1 saturated heterocycles. The van der Waals surface area contributed by atoms with Crippen LogP contribution < -0.4 is 5.32 Å². The van der Waals surface area contributed by atoms with Crippen LogP contribution in [0.2, 0.25) is 0 Å². The second kappa shape index (κ2) is 9.34. The summed E-state index contributed by atoms with van der Waals surface area (Å²) in [5.41, 5.74) is 4.90. The molecule has 8 heteroatoms. The van der Waals surface area contributed by atoms with E-state index in [1.165, 1.54) is 0 Å². The smallest absolute Gasteiger partial charge is 0.410 e. The fourth-order valence-electron chi connectivity index (χ4n) is 7.40. The van der Waals surface area contributed by atoms with Crippen LogP contribution in [0.1, 0.15) is 56.9 Å². The van der Waals surface area contributed by atoms with Crippen molar-refractivity contribution in [3.05, 3.63) is 71.5 Å². The number of benzene rings is 2. The Hall–Kier alpha value is -4.33. The lowest BCUT2D eigenvalue weighted by molar-refractivity contribution is -0.122. The summed E-state index contributed by atoms with van der Waals surface area (Å²) in [6, 6.07) is 16.1. The van der Waals surface area contributed by atoms with Crippen LogP contribution in [-0.2, 0) is 34.3 Å². The largest absolute Gasteiger partial charge is 0.444 e. The predicted octanol–water partition coefficient (Wildman–Crippen LogP) is 5.66. The molecule has 1 atom stereocenters. The molecule has 3 amide bonds. The van der Waals surface area contributed by atoms with Gasteiger partial charge in [0.2, 0.25) is 0 Å². The molecule has 3 aliphatic rings. The lowest BCUT2D eigenvalue weighted by Gasteiger charge is -2.45. The maximum atomic E-state index is 13.7. The monoisotopic (exact) mass is 564 g/mol. The second-order valence-corrected chi connectivity index (χ2v) is 13.1. The summed E-state index contributed by atoms with van der Waals surface area (Å²) in [4.78, 5) is 42.2. The molecule has 7 rings (SSSR count). The van der Waals surface area contributed by atoms with Crippen molar-refractivity contribution in [2.75, 3.05) is 13.1 Å². The number of imide groups is 1. The van der Waals surface area contributed by atoms with Crippen molar-refractivity contribution < 1.29 is 19.1 Å². The van der Waals surface area contributed by atoms with Crippen LogP contribution in [-0.4, -0.2) is 50.6 Å². The van der Waals surface area contributed by atoms with Gasteiger partial charge in [0.1, 0.15) is 5.60 Å². The van der Waals surface area contributed by atoms with Crippen molar-refractivity contribution in [2.24, 2.45) is 12.5 Å². The van der Waals surface area contributed by atoms with Gasteiger partial charge in [0.15, 0.2) is 0 Å². The zero-order chi connectivity index (χ0) is 29.4. The van der Waals surface area contributed by atoms with Crippen LogP contribution in [0, 0.1) is 5.41 Å². The summed E-state index contributed by atoms with van der Waals surface area (Å²) >= 11 is 0. The van der Waals surface area contributed by atoms with E-state index in [1.807, 2.05) is 79.9 Å². The minimum absolute atomic E-state index is 0.131. The normalized spacial score (nSPS) is 21.0.